The summed E-state index contributed by atoms with van der Waals surface area (Å²) in [6.07, 6.45) is 16.4. The van der Waals surface area contributed by atoms with E-state index >= 15 is 0 Å². The molecule has 112 valence electrons. The molecule has 0 aromatic carbocycles. The van der Waals surface area contributed by atoms with E-state index in [0.29, 0.717) is 29.0 Å². The summed E-state index contributed by atoms with van der Waals surface area (Å²) in [5.41, 5.74) is 3.92. The summed E-state index contributed by atoms with van der Waals surface area (Å²) in [6.45, 7) is 2.51. The SMILES string of the molecule is C#C[C@@H]1CC2CC(=O)CCC2=C2CC[C@]3(C)CCC[C@H]3[C@@H]21. The number of carbonyl (C=O) groups is 1. The predicted molar refractivity (Wildman–Crippen MR) is 84.5 cm³/mol. The van der Waals surface area contributed by atoms with Crippen LogP contribution in [0.4, 0.5) is 0 Å². The smallest absolute Gasteiger partial charge is 0.133 e. The molecular formula is C20H26O. The van der Waals surface area contributed by atoms with Crippen LogP contribution >= 0.6 is 0 Å². The maximum atomic E-state index is 11.8. The lowest BCUT2D eigenvalue weighted by Gasteiger charge is -2.50. The van der Waals surface area contributed by atoms with E-state index in [1.807, 2.05) is 0 Å². The largest absolute Gasteiger partial charge is 0.300 e. The number of allylic oxidation sites excluding steroid dienone is 2. The van der Waals surface area contributed by atoms with Gasteiger partial charge >= 0.3 is 0 Å². The van der Waals surface area contributed by atoms with Crippen molar-refractivity contribution in [3.05, 3.63) is 11.1 Å². The Bertz CT molecular complexity index is 549. The van der Waals surface area contributed by atoms with E-state index in [1.54, 1.807) is 11.1 Å². The number of fused-ring (bicyclic) bond motifs is 4. The van der Waals surface area contributed by atoms with Gasteiger partial charge in [-0.2, -0.15) is 0 Å². The van der Waals surface area contributed by atoms with Gasteiger partial charge in [-0.3, -0.25) is 4.79 Å². The molecule has 1 unspecified atom stereocenters. The Morgan fingerprint density at radius 1 is 1.19 bits per heavy atom. The Hall–Kier alpha value is -1.03. The third-order valence-electron chi connectivity index (χ3n) is 7.20. The molecule has 0 amide bonds. The summed E-state index contributed by atoms with van der Waals surface area (Å²) in [5, 5.41) is 0. The monoisotopic (exact) mass is 282 g/mol. The maximum Gasteiger partial charge on any atom is 0.133 e. The molecule has 0 radical (unpaired) electrons. The fourth-order valence-corrected chi connectivity index (χ4v) is 6.16. The van der Waals surface area contributed by atoms with Crippen LogP contribution in [-0.4, -0.2) is 5.78 Å². The molecule has 4 aliphatic carbocycles. The molecule has 3 saturated carbocycles. The van der Waals surface area contributed by atoms with Gasteiger partial charge < -0.3 is 0 Å². The van der Waals surface area contributed by atoms with E-state index in [-0.39, 0.29) is 0 Å². The van der Waals surface area contributed by atoms with Gasteiger partial charge in [0.25, 0.3) is 0 Å². The van der Waals surface area contributed by atoms with Crippen LogP contribution in [-0.2, 0) is 4.79 Å². The van der Waals surface area contributed by atoms with Crippen LogP contribution in [0.1, 0.15) is 64.7 Å². The lowest BCUT2D eigenvalue weighted by atomic mass is 9.53. The van der Waals surface area contributed by atoms with E-state index in [0.717, 1.165) is 31.6 Å². The zero-order valence-electron chi connectivity index (χ0n) is 13.2. The van der Waals surface area contributed by atoms with Crippen molar-refractivity contribution in [2.24, 2.45) is 29.1 Å². The van der Waals surface area contributed by atoms with Gasteiger partial charge in [0.1, 0.15) is 5.78 Å². The second-order valence-electron chi connectivity index (χ2n) is 8.18. The summed E-state index contributed by atoms with van der Waals surface area (Å²) in [6, 6.07) is 0. The molecule has 4 aliphatic rings. The first-order chi connectivity index (χ1) is 10.1. The Morgan fingerprint density at radius 3 is 2.86 bits per heavy atom. The zero-order valence-corrected chi connectivity index (χ0v) is 13.2. The molecule has 0 spiro atoms. The van der Waals surface area contributed by atoms with Crippen molar-refractivity contribution >= 4 is 5.78 Å². The molecule has 21 heavy (non-hydrogen) atoms. The van der Waals surface area contributed by atoms with Crippen molar-refractivity contribution in [1.29, 1.82) is 0 Å². The molecule has 4 rings (SSSR count). The molecule has 0 aromatic heterocycles. The van der Waals surface area contributed by atoms with Crippen LogP contribution in [0, 0.1) is 41.4 Å². The predicted octanol–water partition coefficient (Wildman–Crippen LogP) is 4.52. The number of terminal acetylenes is 1. The van der Waals surface area contributed by atoms with Gasteiger partial charge in [0.15, 0.2) is 0 Å². The van der Waals surface area contributed by atoms with Crippen LogP contribution < -0.4 is 0 Å². The average Bonchev–Trinajstić information content (AvgIpc) is 2.87. The second kappa shape index (κ2) is 4.73. The first kappa shape index (κ1) is 13.6. The Kier molecular flexibility index (Phi) is 3.07. The number of hydrogen-bond acceptors (Lipinski definition) is 1. The van der Waals surface area contributed by atoms with E-state index in [4.69, 9.17) is 6.42 Å². The highest BCUT2D eigenvalue weighted by atomic mass is 16.1. The van der Waals surface area contributed by atoms with Crippen LogP contribution in [0.15, 0.2) is 11.1 Å². The van der Waals surface area contributed by atoms with Crippen molar-refractivity contribution in [3.63, 3.8) is 0 Å². The first-order valence-electron chi connectivity index (χ1n) is 8.82. The summed E-state index contributed by atoms with van der Waals surface area (Å²) in [7, 11) is 0. The van der Waals surface area contributed by atoms with E-state index < -0.39 is 0 Å². The van der Waals surface area contributed by atoms with Crippen molar-refractivity contribution in [3.8, 4) is 12.3 Å². The van der Waals surface area contributed by atoms with Crippen LogP contribution in [0.2, 0.25) is 0 Å². The van der Waals surface area contributed by atoms with E-state index in [2.05, 4.69) is 12.8 Å². The second-order valence-corrected chi connectivity index (χ2v) is 8.18. The average molecular weight is 282 g/mol. The molecule has 0 saturated heterocycles. The standard InChI is InChI=1S/C20H26O/c1-3-13-11-14-12-15(21)6-7-16(14)17-8-10-20(2)9-4-5-18(20)19(13)17/h1,13-14,18-19H,4-12H2,2H3/t13-,14?,18+,19-,20+/m1/s1. The highest BCUT2D eigenvalue weighted by Crippen LogP contribution is 2.61. The van der Waals surface area contributed by atoms with E-state index in [1.165, 1.54) is 32.1 Å². The topological polar surface area (TPSA) is 17.1 Å². The van der Waals surface area contributed by atoms with Crippen LogP contribution in [0.5, 0.6) is 0 Å². The molecule has 0 aromatic rings. The number of Topliss-reactive ketones (excluding diaryl/α,β-unsaturated/α-hetero) is 1. The van der Waals surface area contributed by atoms with Gasteiger partial charge in [-0.1, -0.05) is 24.5 Å². The van der Waals surface area contributed by atoms with Gasteiger partial charge in [-0.05, 0) is 61.7 Å². The van der Waals surface area contributed by atoms with Crippen molar-refractivity contribution < 1.29 is 4.79 Å². The molecule has 1 heteroatoms. The third kappa shape index (κ3) is 1.95. The lowest BCUT2D eigenvalue weighted by Crippen LogP contribution is -2.42. The van der Waals surface area contributed by atoms with Gasteiger partial charge in [-0.15, -0.1) is 12.3 Å². The minimum Gasteiger partial charge on any atom is -0.300 e. The first-order valence-corrected chi connectivity index (χ1v) is 8.82. The molecule has 1 nitrogen and oxygen atoms in total. The number of ketones is 1. The van der Waals surface area contributed by atoms with Crippen LogP contribution in [0.3, 0.4) is 0 Å². The quantitative estimate of drug-likeness (QED) is 0.471. The molecule has 0 N–H and O–H groups in total. The lowest BCUT2D eigenvalue weighted by molar-refractivity contribution is -0.120. The number of carbonyl (C=O) groups excluding carboxylic acids is 1. The minimum absolute atomic E-state index is 0.391. The maximum absolute atomic E-state index is 11.8. The number of hydrogen-bond donors (Lipinski definition) is 0. The highest BCUT2D eigenvalue weighted by molar-refractivity contribution is 5.80. The zero-order chi connectivity index (χ0) is 14.6. The Balaban J connectivity index is 1.76. The summed E-state index contributed by atoms with van der Waals surface area (Å²) in [4.78, 5) is 11.8. The molecule has 3 fully saturated rings. The highest BCUT2D eigenvalue weighted by Gasteiger charge is 2.52. The summed E-state index contributed by atoms with van der Waals surface area (Å²) in [5.74, 6) is 5.94. The van der Waals surface area contributed by atoms with Crippen molar-refractivity contribution in [2.45, 2.75) is 64.7 Å². The third-order valence-corrected chi connectivity index (χ3v) is 7.20. The summed E-state index contributed by atoms with van der Waals surface area (Å²) >= 11 is 0. The fraction of sp³-hybridized carbons (Fsp3) is 0.750. The molecule has 0 aliphatic heterocycles. The minimum atomic E-state index is 0.391. The van der Waals surface area contributed by atoms with Gasteiger partial charge in [0.05, 0.1) is 0 Å². The van der Waals surface area contributed by atoms with Gasteiger partial charge in [0.2, 0.25) is 0 Å². The molecular weight excluding hydrogens is 256 g/mol. The van der Waals surface area contributed by atoms with Gasteiger partial charge in [0, 0.05) is 18.8 Å². The van der Waals surface area contributed by atoms with Crippen molar-refractivity contribution in [2.75, 3.05) is 0 Å². The molecule has 5 atom stereocenters. The van der Waals surface area contributed by atoms with Gasteiger partial charge in [-0.25, -0.2) is 0 Å². The summed E-state index contributed by atoms with van der Waals surface area (Å²) < 4.78 is 0. The van der Waals surface area contributed by atoms with E-state index in [9.17, 15) is 4.79 Å². The van der Waals surface area contributed by atoms with Crippen molar-refractivity contribution in [1.82, 2.24) is 0 Å². The molecule has 0 heterocycles. The normalized spacial score (nSPS) is 45.6. The number of rotatable bonds is 0. The fourth-order valence-electron chi connectivity index (χ4n) is 6.16. The Morgan fingerprint density at radius 2 is 2.05 bits per heavy atom. The molecule has 0 bridgehead atoms. The Labute approximate surface area is 128 Å². The van der Waals surface area contributed by atoms with Crippen LogP contribution in [0.25, 0.3) is 0 Å².